The molecule has 1 fully saturated rings. The van der Waals surface area contributed by atoms with Crippen molar-refractivity contribution in [1.82, 2.24) is 4.90 Å². The zero-order chi connectivity index (χ0) is 23.8. The molecule has 0 unspecified atom stereocenters. The summed E-state index contributed by atoms with van der Waals surface area (Å²) in [5, 5.41) is 2.97. The van der Waals surface area contributed by atoms with Crippen molar-refractivity contribution in [2.75, 3.05) is 18.4 Å². The van der Waals surface area contributed by atoms with Gasteiger partial charge in [0.2, 0.25) is 0 Å². The van der Waals surface area contributed by atoms with Crippen LogP contribution < -0.4 is 10.1 Å². The Morgan fingerprint density at radius 3 is 2.45 bits per heavy atom. The van der Waals surface area contributed by atoms with Gasteiger partial charge in [0.1, 0.15) is 11.9 Å². The van der Waals surface area contributed by atoms with Crippen LogP contribution in [0.3, 0.4) is 0 Å². The number of allylic oxidation sites excluding steroid dienone is 1. The van der Waals surface area contributed by atoms with Crippen molar-refractivity contribution in [3.63, 3.8) is 0 Å². The highest BCUT2D eigenvalue weighted by molar-refractivity contribution is 6.05. The third-order valence-electron chi connectivity index (χ3n) is 6.28. The number of anilines is 1. The first-order valence-corrected chi connectivity index (χ1v) is 11.9. The lowest BCUT2D eigenvalue weighted by Crippen LogP contribution is -2.41. The van der Waals surface area contributed by atoms with Gasteiger partial charge in [0.15, 0.2) is 5.78 Å². The second kappa shape index (κ2) is 11.8. The average Bonchev–Trinajstić information content (AvgIpc) is 2.80. The molecule has 0 atom stereocenters. The molecule has 0 aromatic heterocycles. The minimum absolute atomic E-state index is 0.0715. The number of aryl methyl sites for hydroxylation is 2. The Bertz CT molecular complexity index is 958. The van der Waals surface area contributed by atoms with E-state index in [1.807, 2.05) is 49.4 Å². The monoisotopic (exact) mass is 448 g/mol. The SMILES string of the molecule is C=CC(=O)CCCc1ccc(NC(=O)c2ccc(OC3CCN(C(C)C)CC3)cc2C)cc1. The van der Waals surface area contributed by atoms with Gasteiger partial charge in [-0.05, 0) is 94.0 Å². The van der Waals surface area contributed by atoms with E-state index >= 15 is 0 Å². The van der Waals surface area contributed by atoms with Crippen LogP contribution in [0.5, 0.6) is 5.75 Å². The van der Waals surface area contributed by atoms with Crippen LogP contribution in [-0.2, 0) is 11.2 Å². The van der Waals surface area contributed by atoms with Gasteiger partial charge in [-0.3, -0.25) is 9.59 Å². The maximum absolute atomic E-state index is 12.8. The minimum Gasteiger partial charge on any atom is -0.490 e. The summed E-state index contributed by atoms with van der Waals surface area (Å²) in [6, 6.07) is 14.0. The van der Waals surface area contributed by atoms with Crippen LogP contribution in [0.2, 0.25) is 0 Å². The van der Waals surface area contributed by atoms with Crippen LogP contribution in [-0.4, -0.2) is 41.8 Å². The fourth-order valence-electron chi connectivity index (χ4n) is 4.19. The Morgan fingerprint density at radius 1 is 1.15 bits per heavy atom. The number of benzene rings is 2. The molecule has 2 aromatic rings. The van der Waals surface area contributed by atoms with Crippen molar-refractivity contribution in [1.29, 1.82) is 0 Å². The Balaban J connectivity index is 1.52. The molecule has 0 bridgehead atoms. The lowest BCUT2D eigenvalue weighted by molar-refractivity contribution is -0.114. The molecular formula is C28H36N2O3. The second-order valence-electron chi connectivity index (χ2n) is 9.10. The standard InChI is InChI=1S/C28H36N2O3/c1-5-24(31)8-6-7-22-9-11-23(12-10-22)29-28(32)27-14-13-26(19-21(27)4)33-25-15-17-30(18-16-25)20(2)3/h5,9-14,19-20,25H,1,6-8,15-18H2,2-4H3,(H,29,32). The summed E-state index contributed by atoms with van der Waals surface area (Å²) in [6.45, 7) is 12.0. The van der Waals surface area contributed by atoms with Crippen LogP contribution >= 0.6 is 0 Å². The molecule has 33 heavy (non-hydrogen) atoms. The molecule has 3 rings (SSSR count). The topological polar surface area (TPSA) is 58.6 Å². The van der Waals surface area contributed by atoms with E-state index in [4.69, 9.17) is 4.74 Å². The molecule has 1 N–H and O–H groups in total. The number of amides is 1. The van der Waals surface area contributed by atoms with Crippen LogP contribution in [0.4, 0.5) is 5.69 Å². The van der Waals surface area contributed by atoms with Crippen molar-refractivity contribution >= 4 is 17.4 Å². The van der Waals surface area contributed by atoms with Gasteiger partial charge in [-0.15, -0.1) is 0 Å². The summed E-state index contributed by atoms with van der Waals surface area (Å²) < 4.78 is 6.20. The Hall–Kier alpha value is -2.92. The van der Waals surface area contributed by atoms with E-state index in [9.17, 15) is 9.59 Å². The fraction of sp³-hybridized carbons (Fsp3) is 0.429. The Labute approximate surface area is 197 Å². The van der Waals surface area contributed by atoms with E-state index in [0.717, 1.165) is 61.3 Å². The number of likely N-dealkylation sites (tertiary alicyclic amines) is 1. The number of nitrogens with one attached hydrogen (secondary N) is 1. The molecule has 1 amide bonds. The number of rotatable bonds is 10. The third-order valence-corrected chi connectivity index (χ3v) is 6.28. The van der Waals surface area contributed by atoms with E-state index in [1.165, 1.54) is 6.08 Å². The van der Waals surface area contributed by atoms with Gasteiger partial charge in [0.05, 0.1) is 0 Å². The third kappa shape index (κ3) is 7.29. The number of carbonyl (C=O) groups excluding carboxylic acids is 2. The first-order valence-electron chi connectivity index (χ1n) is 11.9. The summed E-state index contributed by atoms with van der Waals surface area (Å²) in [7, 11) is 0. The highest BCUT2D eigenvalue weighted by Gasteiger charge is 2.22. The van der Waals surface area contributed by atoms with E-state index < -0.39 is 0 Å². The van der Waals surface area contributed by atoms with Gasteiger partial charge in [-0.25, -0.2) is 0 Å². The molecule has 5 heteroatoms. The zero-order valence-corrected chi connectivity index (χ0v) is 20.1. The Kier molecular flexibility index (Phi) is 8.84. The first kappa shape index (κ1) is 24.7. The molecule has 1 heterocycles. The maximum atomic E-state index is 12.8. The van der Waals surface area contributed by atoms with Crippen LogP contribution in [0.1, 0.15) is 61.0 Å². The second-order valence-corrected chi connectivity index (χ2v) is 9.10. The van der Waals surface area contributed by atoms with E-state index in [-0.39, 0.29) is 17.8 Å². The maximum Gasteiger partial charge on any atom is 0.255 e. The molecular weight excluding hydrogens is 412 g/mol. The quantitative estimate of drug-likeness (QED) is 0.482. The normalized spacial score (nSPS) is 14.8. The number of ether oxygens (including phenoxy) is 1. The highest BCUT2D eigenvalue weighted by atomic mass is 16.5. The molecule has 0 aliphatic carbocycles. The first-order chi connectivity index (χ1) is 15.9. The average molecular weight is 449 g/mol. The summed E-state index contributed by atoms with van der Waals surface area (Å²) >= 11 is 0. The van der Waals surface area contributed by atoms with E-state index in [1.54, 1.807) is 0 Å². The van der Waals surface area contributed by atoms with Crippen molar-refractivity contribution in [2.24, 2.45) is 0 Å². The summed E-state index contributed by atoms with van der Waals surface area (Å²) in [4.78, 5) is 26.6. The fourth-order valence-corrected chi connectivity index (χ4v) is 4.19. The smallest absolute Gasteiger partial charge is 0.255 e. The Morgan fingerprint density at radius 2 is 1.85 bits per heavy atom. The molecule has 1 aliphatic rings. The van der Waals surface area contributed by atoms with Crippen molar-refractivity contribution < 1.29 is 14.3 Å². The van der Waals surface area contributed by atoms with Gasteiger partial charge in [-0.2, -0.15) is 0 Å². The molecule has 1 saturated heterocycles. The summed E-state index contributed by atoms with van der Waals surface area (Å²) in [6.07, 6.45) is 5.78. The van der Waals surface area contributed by atoms with E-state index in [0.29, 0.717) is 18.0 Å². The van der Waals surface area contributed by atoms with Gasteiger partial charge in [0, 0.05) is 36.8 Å². The minimum atomic E-state index is -0.131. The zero-order valence-electron chi connectivity index (χ0n) is 20.1. The lowest BCUT2D eigenvalue weighted by Gasteiger charge is -2.34. The molecule has 0 spiro atoms. The predicted octanol–water partition coefficient (Wildman–Crippen LogP) is 5.58. The van der Waals surface area contributed by atoms with Crippen molar-refractivity contribution in [2.45, 2.75) is 65.0 Å². The lowest BCUT2D eigenvalue weighted by atomic mass is 10.0. The number of piperidine rings is 1. The predicted molar refractivity (Wildman–Crippen MR) is 134 cm³/mol. The number of carbonyl (C=O) groups is 2. The number of hydrogen-bond acceptors (Lipinski definition) is 4. The number of ketones is 1. The molecule has 0 radical (unpaired) electrons. The highest BCUT2D eigenvalue weighted by Crippen LogP contribution is 2.23. The number of nitrogens with zero attached hydrogens (tertiary/aromatic N) is 1. The molecule has 5 nitrogen and oxygen atoms in total. The largest absolute Gasteiger partial charge is 0.490 e. The molecule has 1 aliphatic heterocycles. The van der Waals surface area contributed by atoms with Crippen molar-refractivity contribution in [3.8, 4) is 5.75 Å². The molecule has 2 aromatic carbocycles. The van der Waals surface area contributed by atoms with Gasteiger partial charge >= 0.3 is 0 Å². The van der Waals surface area contributed by atoms with Gasteiger partial charge in [-0.1, -0.05) is 18.7 Å². The van der Waals surface area contributed by atoms with Crippen molar-refractivity contribution in [3.05, 3.63) is 71.8 Å². The molecule has 176 valence electrons. The van der Waals surface area contributed by atoms with Crippen LogP contribution in [0, 0.1) is 6.92 Å². The van der Waals surface area contributed by atoms with Crippen LogP contribution in [0.25, 0.3) is 0 Å². The van der Waals surface area contributed by atoms with E-state index in [2.05, 4.69) is 30.6 Å². The number of hydrogen-bond donors (Lipinski definition) is 1. The molecule has 0 saturated carbocycles. The van der Waals surface area contributed by atoms with Crippen LogP contribution in [0.15, 0.2) is 55.1 Å². The van der Waals surface area contributed by atoms with Gasteiger partial charge < -0.3 is 15.0 Å². The van der Waals surface area contributed by atoms with Gasteiger partial charge in [0.25, 0.3) is 5.91 Å². The summed E-state index contributed by atoms with van der Waals surface area (Å²) in [5.74, 6) is 0.766. The summed E-state index contributed by atoms with van der Waals surface area (Å²) in [5.41, 5.74) is 3.43.